The van der Waals surface area contributed by atoms with Gasteiger partial charge in [-0.15, -0.1) is 0 Å². The molecule has 160 valence electrons. The van der Waals surface area contributed by atoms with Crippen LogP contribution in [0.15, 0.2) is 48.5 Å². The van der Waals surface area contributed by atoms with Crippen molar-refractivity contribution in [1.29, 1.82) is 0 Å². The summed E-state index contributed by atoms with van der Waals surface area (Å²) >= 11 is 0. The first-order chi connectivity index (χ1) is 14.4. The third-order valence-corrected chi connectivity index (χ3v) is 5.02. The fourth-order valence-electron chi connectivity index (χ4n) is 3.19. The maximum absolute atomic E-state index is 13.0. The second-order valence-corrected chi connectivity index (χ2v) is 7.28. The quantitative estimate of drug-likeness (QED) is 0.693. The van der Waals surface area contributed by atoms with E-state index < -0.39 is 0 Å². The van der Waals surface area contributed by atoms with Crippen LogP contribution in [-0.2, 0) is 16.1 Å². The molecule has 2 aromatic carbocycles. The van der Waals surface area contributed by atoms with E-state index in [0.29, 0.717) is 38.5 Å². The first-order valence-electron chi connectivity index (χ1n) is 9.77. The van der Waals surface area contributed by atoms with Crippen LogP contribution in [0.25, 0.3) is 0 Å². The maximum Gasteiger partial charge on any atom is 0.260 e. The Hall–Kier alpha value is -3.00. The number of halogens is 2. The van der Waals surface area contributed by atoms with Gasteiger partial charge >= 0.3 is 0 Å². The highest BCUT2D eigenvalue weighted by Crippen LogP contribution is 2.12. The molecule has 1 fully saturated rings. The van der Waals surface area contributed by atoms with E-state index in [1.807, 2.05) is 4.90 Å². The standard InChI is InChI=1S/C22H25F2N3O3/c1-25(14-17-2-4-18(23)5-3-17)21(28)15-26-10-12-27(13-11-26)22(29)16-30-20-8-6-19(24)7-9-20/h2-9H,10-16H2,1H3. The lowest BCUT2D eigenvalue weighted by atomic mass is 10.2. The zero-order valence-corrected chi connectivity index (χ0v) is 16.9. The number of rotatable bonds is 7. The number of hydrogen-bond acceptors (Lipinski definition) is 4. The van der Waals surface area contributed by atoms with Crippen LogP contribution >= 0.6 is 0 Å². The highest BCUT2D eigenvalue weighted by molar-refractivity contribution is 5.79. The maximum atomic E-state index is 13.0. The molecule has 0 unspecified atom stereocenters. The molecule has 0 N–H and O–H groups in total. The van der Waals surface area contributed by atoms with Crippen molar-refractivity contribution >= 4 is 11.8 Å². The molecule has 0 bridgehead atoms. The number of amides is 2. The van der Waals surface area contributed by atoms with Gasteiger partial charge in [-0.1, -0.05) is 12.1 Å². The van der Waals surface area contributed by atoms with Gasteiger partial charge in [-0.25, -0.2) is 8.78 Å². The number of carbonyl (C=O) groups is 2. The molecule has 2 aromatic rings. The van der Waals surface area contributed by atoms with E-state index in [1.54, 1.807) is 29.0 Å². The molecule has 1 aliphatic rings. The molecule has 6 nitrogen and oxygen atoms in total. The predicted molar refractivity (Wildman–Crippen MR) is 108 cm³/mol. The monoisotopic (exact) mass is 417 g/mol. The largest absolute Gasteiger partial charge is 0.484 e. The Morgan fingerprint density at radius 1 is 0.933 bits per heavy atom. The minimum absolute atomic E-state index is 0.0289. The summed E-state index contributed by atoms with van der Waals surface area (Å²) in [5.41, 5.74) is 0.865. The van der Waals surface area contributed by atoms with Crippen LogP contribution < -0.4 is 4.74 Å². The molecule has 1 saturated heterocycles. The van der Waals surface area contributed by atoms with Gasteiger partial charge in [0, 0.05) is 39.8 Å². The van der Waals surface area contributed by atoms with Gasteiger partial charge in [-0.05, 0) is 42.0 Å². The van der Waals surface area contributed by atoms with Crippen LogP contribution in [0.5, 0.6) is 5.75 Å². The van der Waals surface area contributed by atoms with E-state index in [1.165, 1.54) is 36.4 Å². The third-order valence-electron chi connectivity index (χ3n) is 5.02. The molecule has 0 atom stereocenters. The number of hydrogen-bond donors (Lipinski definition) is 0. The van der Waals surface area contributed by atoms with Crippen molar-refractivity contribution < 1.29 is 23.1 Å². The highest BCUT2D eigenvalue weighted by Gasteiger charge is 2.23. The minimum atomic E-state index is -0.359. The number of ether oxygens (including phenoxy) is 1. The Kier molecular flexibility index (Phi) is 7.35. The molecule has 30 heavy (non-hydrogen) atoms. The summed E-state index contributed by atoms with van der Waals surface area (Å²) in [4.78, 5) is 30.1. The molecule has 0 radical (unpaired) electrons. The number of carbonyl (C=O) groups excluding carboxylic acids is 2. The average Bonchev–Trinajstić information content (AvgIpc) is 2.75. The topological polar surface area (TPSA) is 53.1 Å². The van der Waals surface area contributed by atoms with Crippen LogP contribution in [-0.4, -0.2) is 72.9 Å². The van der Waals surface area contributed by atoms with Gasteiger partial charge in [-0.3, -0.25) is 14.5 Å². The zero-order chi connectivity index (χ0) is 21.5. The molecule has 0 spiro atoms. The van der Waals surface area contributed by atoms with E-state index in [2.05, 4.69) is 0 Å². The highest BCUT2D eigenvalue weighted by atomic mass is 19.1. The first-order valence-corrected chi connectivity index (χ1v) is 9.77. The molecule has 1 aliphatic heterocycles. The molecule has 0 saturated carbocycles. The number of piperazine rings is 1. The van der Waals surface area contributed by atoms with Crippen molar-refractivity contribution in [3.05, 3.63) is 65.7 Å². The van der Waals surface area contributed by atoms with Crippen LogP contribution in [0.4, 0.5) is 8.78 Å². The minimum Gasteiger partial charge on any atom is -0.484 e. The van der Waals surface area contributed by atoms with Crippen LogP contribution in [0, 0.1) is 11.6 Å². The molecule has 0 aliphatic carbocycles. The van der Waals surface area contributed by atoms with E-state index in [-0.39, 0.29) is 36.6 Å². The average molecular weight is 417 g/mol. The van der Waals surface area contributed by atoms with Crippen LogP contribution in [0.2, 0.25) is 0 Å². The predicted octanol–water partition coefficient (Wildman–Crippen LogP) is 2.15. The van der Waals surface area contributed by atoms with Crippen molar-refractivity contribution in [1.82, 2.24) is 14.7 Å². The Morgan fingerprint density at radius 2 is 1.50 bits per heavy atom. The van der Waals surface area contributed by atoms with Crippen molar-refractivity contribution in [2.45, 2.75) is 6.54 Å². The molecule has 3 rings (SSSR count). The fraction of sp³-hybridized carbons (Fsp3) is 0.364. The normalized spacial score (nSPS) is 14.4. The van der Waals surface area contributed by atoms with E-state index in [9.17, 15) is 18.4 Å². The van der Waals surface area contributed by atoms with E-state index in [4.69, 9.17) is 4.74 Å². The van der Waals surface area contributed by atoms with Gasteiger partial charge in [-0.2, -0.15) is 0 Å². The van der Waals surface area contributed by atoms with E-state index >= 15 is 0 Å². The Labute approximate surface area is 174 Å². The molecular weight excluding hydrogens is 392 g/mol. The van der Waals surface area contributed by atoms with Crippen molar-refractivity contribution in [3.63, 3.8) is 0 Å². The molecule has 1 heterocycles. The van der Waals surface area contributed by atoms with Crippen LogP contribution in [0.3, 0.4) is 0 Å². The summed E-state index contributed by atoms with van der Waals surface area (Å²) in [5, 5.41) is 0. The van der Waals surface area contributed by atoms with Gasteiger partial charge in [0.15, 0.2) is 6.61 Å². The summed E-state index contributed by atoms with van der Waals surface area (Å²) in [6, 6.07) is 11.6. The lowest BCUT2D eigenvalue weighted by molar-refractivity contribution is -0.136. The van der Waals surface area contributed by atoms with Gasteiger partial charge in [0.2, 0.25) is 5.91 Å². The summed E-state index contributed by atoms with van der Waals surface area (Å²) in [5.74, 6) is -0.387. The SMILES string of the molecule is CN(Cc1ccc(F)cc1)C(=O)CN1CCN(C(=O)COc2ccc(F)cc2)CC1. The summed E-state index contributed by atoms with van der Waals surface area (Å²) in [7, 11) is 1.72. The number of nitrogens with zero attached hydrogens (tertiary/aromatic N) is 3. The van der Waals surface area contributed by atoms with Gasteiger partial charge < -0.3 is 14.5 Å². The smallest absolute Gasteiger partial charge is 0.260 e. The lowest BCUT2D eigenvalue weighted by Gasteiger charge is -2.35. The van der Waals surface area contributed by atoms with Crippen molar-refractivity contribution in [2.24, 2.45) is 0 Å². The van der Waals surface area contributed by atoms with Gasteiger partial charge in [0.1, 0.15) is 17.4 Å². The van der Waals surface area contributed by atoms with Gasteiger partial charge in [0.05, 0.1) is 6.54 Å². The first kappa shape index (κ1) is 21.7. The Balaban J connectivity index is 1.38. The van der Waals surface area contributed by atoms with Crippen molar-refractivity contribution in [2.75, 3.05) is 46.4 Å². The lowest BCUT2D eigenvalue weighted by Crippen LogP contribution is -2.52. The Bertz CT molecular complexity index is 851. The Morgan fingerprint density at radius 3 is 2.10 bits per heavy atom. The third kappa shape index (κ3) is 6.25. The molecule has 2 amide bonds. The number of benzene rings is 2. The van der Waals surface area contributed by atoms with Crippen LogP contribution in [0.1, 0.15) is 5.56 Å². The van der Waals surface area contributed by atoms with Crippen molar-refractivity contribution in [3.8, 4) is 5.75 Å². The van der Waals surface area contributed by atoms with E-state index in [0.717, 1.165) is 5.56 Å². The number of likely N-dealkylation sites (N-methyl/N-ethyl adjacent to an activating group) is 1. The summed E-state index contributed by atoms with van der Waals surface area (Å²) in [6.45, 7) is 2.80. The molecule has 0 aromatic heterocycles. The molecule has 8 heteroatoms. The zero-order valence-electron chi connectivity index (χ0n) is 16.9. The second kappa shape index (κ2) is 10.2. The molecular formula is C22H25F2N3O3. The fourth-order valence-corrected chi connectivity index (χ4v) is 3.19. The summed E-state index contributed by atoms with van der Waals surface area (Å²) < 4.78 is 31.3. The summed E-state index contributed by atoms with van der Waals surface area (Å²) in [6.07, 6.45) is 0. The van der Waals surface area contributed by atoms with Gasteiger partial charge in [0.25, 0.3) is 5.91 Å². The second-order valence-electron chi connectivity index (χ2n) is 7.28.